The number of amides is 1. The summed E-state index contributed by atoms with van der Waals surface area (Å²) in [5, 5.41) is 6.06. The van der Waals surface area contributed by atoms with Crippen LogP contribution in [0.4, 0.5) is 5.69 Å². The van der Waals surface area contributed by atoms with Gasteiger partial charge in [0.1, 0.15) is 0 Å². The molecule has 1 saturated heterocycles. The van der Waals surface area contributed by atoms with Gasteiger partial charge in [-0.15, -0.1) is 0 Å². The van der Waals surface area contributed by atoms with Crippen LogP contribution in [0.15, 0.2) is 48.8 Å². The maximum Gasteiger partial charge on any atom is 0.253 e. The Morgan fingerprint density at radius 2 is 2.00 bits per heavy atom. The highest BCUT2D eigenvalue weighted by Gasteiger charge is 2.29. The molecule has 6 nitrogen and oxygen atoms in total. The molecule has 0 radical (unpaired) electrons. The zero-order chi connectivity index (χ0) is 18.4. The Morgan fingerprint density at radius 1 is 1.19 bits per heavy atom. The summed E-state index contributed by atoms with van der Waals surface area (Å²) in [7, 11) is -3.01. The lowest BCUT2D eigenvalue weighted by Crippen LogP contribution is -2.35. The largest absolute Gasteiger partial charge is 0.384 e. The topological polar surface area (TPSA) is 88.2 Å². The van der Waals surface area contributed by atoms with Crippen LogP contribution >= 0.6 is 0 Å². The van der Waals surface area contributed by atoms with E-state index in [4.69, 9.17) is 0 Å². The van der Waals surface area contributed by atoms with E-state index in [9.17, 15) is 13.2 Å². The molecule has 1 aliphatic heterocycles. The van der Waals surface area contributed by atoms with Crippen LogP contribution in [0.5, 0.6) is 0 Å². The number of carbonyl (C=O) groups excluding carboxylic acids is 1. The van der Waals surface area contributed by atoms with Crippen molar-refractivity contribution in [1.82, 2.24) is 10.3 Å². The van der Waals surface area contributed by atoms with Crippen LogP contribution in [-0.2, 0) is 16.3 Å². The summed E-state index contributed by atoms with van der Waals surface area (Å²) in [5.74, 6) is -0.129. The van der Waals surface area contributed by atoms with Crippen LogP contribution in [0, 0.1) is 0 Å². The first kappa shape index (κ1) is 18.4. The number of aromatic nitrogens is 1. The molecule has 1 amide bonds. The van der Waals surface area contributed by atoms with Crippen LogP contribution in [0.25, 0.3) is 0 Å². The predicted octanol–water partition coefficient (Wildman–Crippen LogP) is 2.04. The summed E-state index contributed by atoms with van der Waals surface area (Å²) in [6.45, 7) is 0.780. The van der Waals surface area contributed by atoms with Gasteiger partial charge in [0.25, 0.3) is 5.91 Å². The van der Waals surface area contributed by atoms with Crippen molar-refractivity contribution in [3.05, 3.63) is 59.9 Å². The van der Waals surface area contributed by atoms with Gasteiger partial charge in [-0.05, 0) is 30.9 Å². The second kappa shape index (κ2) is 8.31. The van der Waals surface area contributed by atoms with Gasteiger partial charge in [-0.1, -0.05) is 30.3 Å². The van der Waals surface area contributed by atoms with E-state index < -0.39 is 9.84 Å². The lowest BCUT2D eigenvalue weighted by molar-refractivity contribution is 0.0941. The first-order valence-corrected chi connectivity index (χ1v) is 10.6. The Hall–Kier alpha value is -2.41. The number of hydrogen-bond acceptors (Lipinski definition) is 5. The lowest BCUT2D eigenvalue weighted by atomic mass is 10.1. The first-order valence-electron chi connectivity index (χ1n) is 8.76. The molecular formula is C19H23N3O3S. The molecule has 1 atom stereocenters. The van der Waals surface area contributed by atoms with Gasteiger partial charge < -0.3 is 10.6 Å². The van der Waals surface area contributed by atoms with E-state index in [0.717, 1.165) is 25.1 Å². The number of anilines is 1. The van der Waals surface area contributed by atoms with Crippen molar-refractivity contribution in [3.8, 4) is 0 Å². The van der Waals surface area contributed by atoms with E-state index >= 15 is 0 Å². The Morgan fingerprint density at radius 3 is 2.73 bits per heavy atom. The number of nitrogens with one attached hydrogen (secondary N) is 2. The molecule has 2 aromatic rings. The Bertz CT molecular complexity index is 853. The monoisotopic (exact) mass is 373 g/mol. The third-order valence-corrected chi connectivity index (χ3v) is 6.15. The summed E-state index contributed by atoms with van der Waals surface area (Å²) in [4.78, 5) is 16.4. The quantitative estimate of drug-likeness (QED) is 0.725. The molecular weight excluding hydrogens is 350 g/mol. The number of pyridine rings is 1. The maximum atomic E-state index is 12.3. The number of sulfone groups is 1. The van der Waals surface area contributed by atoms with E-state index in [1.165, 1.54) is 11.8 Å². The highest BCUT2D eigenvalue weighted by molar-refractivity contribution is 7.91. The number of nitrogens with zero attached hydrogens (tertiary/aromatic N) is 1. The summed E-state index contributed by atoms with van der Waals surface area (Å²) in [6.07, 6.45) is 5.60. The van der Waals surface area contributed by atoms with Crippen molar-refractivity contribution < 1.29 is 13.2 Å². The fraction of sp³-hybridized carbons (Fsp3) is 0.368. The van der Waals surface area contributed by atoms with Crippen LogP contribution in [-0.4, -0.2) is 43.4 Å². The number of aryl methyl sites for hydroxylation is 1. The molecule has 1 aromatic carbocycles. The maximum absolute atomic E-state index is 12.3. The summed E-state index contributed by atoms with van der Waals surface area (Å²) in [6, 6.07) is 11.7. The summed E-state index contributed by atoms with van der Waals surface area (Å²) in [5.41, 5.74) is 2.51. The predicted molar refractivity (Wildman–Crippen MR) is 102 cm³/mol. The van der Waals surface area contributed by atoms with Gasteiger partial charge >= 0.3 is 0 Å². The minimum absolute atomic E-state index is 0.0175. The van der Waals surface area contributed by atoms with Gasteiger partial charge in [-0.2, -0.15) is 0 Å². The van der Waals surface area contributed by atoms with E-state index in [1.807, 2.05) is 18.2 Å². The van der Waals surface area contributed by atoms with E-state index in [2.05, 4.69) is 27.8 Å². The molecule has 26 heavy (non-hydrogen) atoms. The zero-order valence-corrected chi connectivity index (χ0v) is 15.3. The van der Waals surface area contributed by atoms with Crippen molar-refractivity contribution >= 4 is 21.4 Å². The van der Waals surface area contributed by atoms with Crippen molar-refractivity contribution in [2.75, 3.05) is 23.4 Å². The molecule has 138 valence electrons. The number of benzene rings is 1. The number of rotatable bonds is 7. The van der Waals surface area contributed by atoms with Crippen molar-refractivity contribution in [2.24, 2.45) is 0 Å². The molecule has 0 bridgehead atoms. The fourth-order valence-electron chi connectivity index (χ4n) is 3.01. The highest BCUT2D eigenvalue weighted by atomic mass is 32.2. The van der Waals surface area contributed by atoms with Crippen LogP contribution in [0.3, 0.4) is 0 Å². The van der Waals surface area contributed by atoms with Crippen LogP contribution < -0.4 is 10.6 Å². The third-order valence-electron chi connectivity index (χ3n) is 4.38. The van der Waals surface area contributed by atoms with E-state index in [1.54, 1.807) is 12.3 Å². The molecule has 1 fully saturated rings. The normalized spacial score (nSPS) is 18.4. The van der Waals surface area contributed by atoms with Crippen molar-refractivity contribution in [2.45, 2.75) is 25.3 Å². The molecule has 0 aliphatic carbocycles. The molecule has 1 unspecified atom stereocenters. The second-order valence-corrected chi connectivity index (χ2v) is 8.78. The van der Waals surface area contributed by atoms with Crippen molar-refractivity contribution in [3.63, 3.8) is 0 Å². The summed E-state index contributed by atoms with van der Waals surface area (Å²) >= 11 is 0. The molecule has 0 spiro atoms. The number of carbonyl (C=O) groups is 1. The SMILES string of the molecule is O=C(NC1CCS(=O)(=O)C1)c1cncc(NCCCc2ccccc2)c1. The average molecular weight is 373 g/mol. The van der Waals surface area contributed by atoms with E-state index in [-0.39, 0.29) is 23.5 Å². The molecule has 3 rings (SSSR count). The average Bonchev–Trinajstić information content (AvgIpc) is 2.98. The van der Waals surface area contributed by atoms with Gasteiger partial charge in [0, 0.05) is 25.0 Å². The molecule has 1 aromatic heterocycles. The number of hydrogen-bond donors (Lipinski definition) is 2. The van der Waals surface area contributed by atoms with Crippen molar-refractivity contribution in [1.29, 1.82) is 0 Å². The molecule has 2 N–H and O–H groups in total. The van der Waals surface area contributed by atoms with Crippen LogP contribution in [0.1, 0.15) is 28.8 Å². The minimum Gasteiger partial charge on any atom is -0.384 e. The van der Waals surface area contributed by atoms with Gasteiger partial charge in [0.05, 0.1) is 22.8 Å². The van der Waals surface area contributed by atoms with Gasteiger partial charge in [-0.25, -0.2) is 8.42 Å². The minimum atomic E-state index is -3.01. The first-order chi connectivity index (χ1) is 12.5. The van der Waals surface area contributed by atoms with Gasteiger partial charge in [-0.3, -0.25) is 9.78 Å². The molecule has 0 saturated carbocycles. The zero-order valence-electron chi connectivity index (χ0n) is 14.5. The molecule has 1 aliphatic rings. The smallest absolute Gasteiger partial charge is 0.253 e. The highest BCUT2D eigenvalue weighted by Crippen LogP contribution is 2.14. The lowest BCUT2D eigenvalue weighted by Gasteiger charge is -2.12. The van der Waals surface area contributed by atoms with E-state index in [0.29, 0.717) is 12.0 Å². The standard InChI is InChI=1S/C19H23N3O3S/c23-19(22-17-8-10-26(24,25)14-17)16-11-18(13-20-12-16)21-9-4-7-15-5-2-1-3-6-15/h1-3,5-6,11-13,17,21H,4,7-10,14H2,(H,22,23). The van der Waals surface area contributed by atoms with Gasteiger partial charge in [0.15, 0.2) is 9.84 Å². The molecule has 2 heterocycles. The van der Waals surface area contributed by atoms with Gasteiger partial charge in [0.2, 0.25) is 0 Å². The third kappa shape index (κ3) is 5.29. The Kier molecular flexibility index (Phi) is 5.88. The second-order valence-electron chi connectivity index (χ2n) is 6.55. The Labute approximate surface area is 154 Å². The Balaban J connectivity index is 1.49. The summed E-state index contributed by atoms with van der Waals surface area (Å²) < 4.78 is 23.0. The van der Waals surface area contributed by atoms with Crippen LogP contribution in [0.2, 0.25) is 0 Å². The fourth-order valence-corrected chi connectivity index (χ4v) is 4.68. The molecule has 7 heteroatoms.